The molecule has 0 radical (unpaired) electrons. The zero-order valence-electron chi connectivity index (χ0n) is 18.4. The lowest BCUT2D eigenvalue weighted by Crippen LogP contribution is -2.56. The summed E-state index contributed by atoms with van der Waals surface area (Å²) in [4.78, 5) is 27.4. The van der Waals surface area contributed by atoms with Crippen molar-refractivity contribution >= 4 is 16.9 Å². The standard InChI is InChI=1S/C25H31NO5/c1-15-12-20(22-18-7-5-8-19(18)24(28)31-21(22)13-15)30-16(2)23(27)26-11-10-25(29)9-4-3-6-17(25)14-26/h12-13,16-17,29H,3-11,14H2,1-2H3/t16-,17-,25+/m1/s1. The van der Waals surface area contributed by atoms with Crippen LogP contribution >= 0.6 is 0 Å². The summed E-state index contributed by atoms with van der Waals surface area (Å²) in [5, 5.41) is 11.8. The van der Waals surface area contributed by atoms with E-state index in [-0.39, 0.29) is 17.5 Å². The van der Waals surface area contributed by atoms with Gasteiger partial charge >= 0.3 is 5.63 Å². The summed E-state index contributed by atoms with van der Waals surface area (Å²) in [5.41, 5.74) is 2.34. The lowest BCUT2D eigenvalue weighted by molar-refractivity contribution is -0.149. The van der Waals surface area contributed by atoms with Crippen LogP contribution in [0.2, 0.25) is 0 Å². The van der Waals surface area contributed by atoms with E-state index >= 15 is 0 Å². The quantitative estimate of drug-likeness (QED) is 0.762. The first kappa shape index (κ1) is 20.6. The minimum absolute atomic E-state index is 0.0451. The van der Waals surface area contributed by atoms with Crippen LogP contribution in [0.4, 0.5) is 0 Å². The molecule has 1 saturated heterocycles. The molecular weight excluding hydrogens is 394 g/mol. The molecule has 1 aromatic carbocycles. The molecule has 1 aromatic heterocycles. The predicted molar refractivity (Wildman–Crippen MR) is 117 cm³/mol. The normalized spacial score (nSPS) is 26.4. The van der Waals surface area contributed by atoms with E-state index in [0.29, 0.717) is 30.8 Å². The molecule has 2 aromatic rings. The number of amides is 1. The van der Waals surface area contributed by atoms with Crippen LogP contribution in [-0.4, -0.2) is 40.7 Å². The van der Waals surface area contributed by atoms with Gasteiger partial charge in [-0.3, -0.25) is 4.79 Å². The second kappa shape index (κ2) is 7.66. The Morgan fingerprint density at radius 1 is 1.23 bits per heavy atom. The molecule has 1 aliphatic heterocycles. The average molecular weight is 426 g/mol. The smallest absolute Gasteiger partial charge is 0.339 e. The van der Waals surface area contributed by atoms with E-state index in [2.05, 4.69) is 0 Å². The number of piperidine rings is 1. The summed E-state index contributed by atoms with van der Waals surface area (Å²) in [6.45, 7) is 4.89. The van der Waals surface area contributed by atoms with Crippen molar-refractivity contribution in [3.8, 4) is 5.75 Å². The van der Waals surface area contributed by atoms with Crippen molar-refractivity contribution in [1.82, 2.24) is 4.90 Å². The SMILES string of the molecule is Cc1cc(O[C@H](C)C(=O)N2CC[C@@]3(O)CCCC[C@@H]3C2)c2c3c(c(=O)oc2c1)CCC3. The first-order chi connectivity index (χ1) is 14.9. The van der Waals surface area contributed by atoms with Gasteiger partial charge in [-0.1, -0.05) is 12.8 Å². The molecule has 2 fully saturated rings. The van der Waals surface area contributed by atoms with Crippen molar-refractivity contribution in [2.45, 2.75) is 76.9 Å². The molecule has 0 unspecified atom stereocenters. The Kier molecular flexibility index (Phi) is 5.08. The van der Waals surface area contributed by atoms with Crippen LogP contribution in [0.3, 0.4) is 0 Å². The molecule has 0 spiro atoms. The van der Waals surface area contributed by atoms with Crippen LogP contribution < -0.4 is 10.4 Å². The molecular formula is C25H31NO5. The van der Waals surface area contributed by atoms with Crippen molar-refractivity contribution in [1.29, 1.82) is 0 Å². The molecule has 31 heavy (non-hydrogen) atoms. The highest BCUT2D eigenvalue weighted by Gasteiger charge is 2.44. The maximum Gasteiger partial charge on any atom is 0.339 e. The Labute approximate surface area is 182 Å². The highest BCUT2D eigenvalue weighted by Crippen LogP contribution is 2.40. The fourth-order valence-electron chi connectivity index (χ4n) is 5.87. The van der Waals surface area contributed by atoms with Gasteiger partial charge in [-0.2, -0.15) is 0 Å². The van der Waals surface area contributed by atoms with Gasteiger partial charge in [-0.15, -0.1) is 0 Å². The lowest BCUT2D eigenvalue weighted by atomic mass is 9.71. The summed E-state index contributed by atoms with van der Waals surface area (Å²) >= 11 is 0. The number of carbonyl (C=O) groups excluding carboxylic acids is 1. The van der Waals surface area contributed by atoms with Gasteiger partial charge in [-0.05, 0) is 75.6 Å². The third kappa shape index (κ3) is 3.55. The second-order valence-electron chi connectivity index (χ2n) is 9.68. The van der Waals surface area contributed by atoms with E-state index in [1.165, 1.54) is 0 Å². The molecule has 6 heteroatoms. The van der Waals surface area contributed by atoms with Crippen molar-refractivity contribution in [3.63, 3.8) is 0 Å². The molecule has 0 bridgehead atoms. The zero-order chi connectivity index (χ0) is 21.8. The summed E-state index contributed by atoms with van der Waals surface area (Å²) in [7, 11) is 0. The molecule has 2 heterocycles. The molecule has 6 nitrogen and oxygen atoms in total. The Hall–Kier alpha value is -2.34. The number of fused-ring (bicyclic) bond motifs is 4. The number of rotatable bonds is 3. The van der Waals surface area contributed by atoms with Crippen LogP contribution in [0.25, 0.3) is 11.0 Å². The van der Waals surface area contributed by atoms with Crippen LogP contribution in [0.15, 0.2) is 21.3 Å². The van der Waals surface area contributed by atoms with Crippen molar-refractivity contribution < 1.29 is 19.1 Å². The van der Waals surface area contributed by atoms with E-state index in [1.54, 1.807) is 6.92 Å². The van der Waals surface area contributed by atoms with E-state index in [1.807, 2.05) is 24.0 Å². The number of hydrogen-bond acceptors (Lipinski definition) is 5. The molecule has 166 valence electrons. The van der Waals surface area contributed by atoms with E-state index in [0.717, 1.165) is 67.0 Å². The fourth-order valence-corrected chi connectivity index (χ4v) is 5.87. The van der Waals surface area contributed by atoms with E-state index < -0.39 is 11.7 Å². The van der Waals surface area contributed by atoms with Crippen LogP contribution in [-0.2, 0) is 17.6 Å². The summed E-state index contributed by atoms with van der Waals surface area (Å²) in [6, 6.07) is 3.80. The van der Waals surface area contributed by atoms with Crippen molar-refractivity contribution in [3.05, 3.63) is 39.2 Å². The number of ether oxygens (including phenoxy) is 1. The van der Waals surface area contributed by atoms with E-state index in [4.69, 9.17) is 9.15 Å². The minimum atomic E-state index is -0.649. The molecule has 1 N–H and O–H groups in total. The summed E-state index contributed by atoms with van der Waals surface area (Å²) in [5.74, 6) is 0.726. The van der Waals surface area contributed by atoms with Gasteiger partial charge in [0, 0.05) is 24.6 Å². The van der Waals surface area contributed by atoms with Crippen LogP contribution in [0, 0.1) is 12.8 Å². The zero-order valence-corrected chi connectivity index (χ0v) is 18.4. The predicted octanol–water partition coefficient (Wildman–Crippen LogP) is 3.51. The fraction of sp³-hybridized carbons (Fsp3) is 0.600. The van der Waals surface area contributed by atoms with Gasteiger partial charge in [-0.25, -0.2) is 4.79 Å². The number of carbonyl (C=O) groups is 1. The van der Waals surface area contributed by atoms with Gasteiger partial charge in [0.25, 0.3) is 5.91 Å². The summed E-state index contributed by atoms with van der Waals surface area (Å²) in [6.07, 6.45) is 6.48. The third-order valence-electron chi connectivity index (χ3n) is 7.57. The second-order valence-corrected chi connectivity index (χ2v) is 9.68. The van der Waals surface area contributed by atoms with Gasteiger partial charge in [0.05, 0.1) is 11.0 Å². The number of hydrogen-bond donors (Lipinski definition) is 1. The van der Waals surface area contributed by atoms with Crippen LogP contribution in [0.1, 0.15) is 62.1 Å². The highest BCUT2D eigenvalue weighted by atomic mass is 16.5. The molecule has 3 aliphatic rings. The average Bonchev–Trinajstić information content (AvgIpc) is 3.22. The maximum absolute atomic E-state index is 13.2. The Balaban J connectivity index is 1.40. The molecule has 2 aliphatic carbocycles. The summed E-state index contributed by atoms with van der Waals surface area (Å²) < 4.78 is 11.8. The molecule has 1 amide bonds. The Morgan fingerprint density at radius 3 is 2.87 bits per heavy atom. The number of likely N-dealkylation sites (tertiary alicyclic amines) is 1. The number of nitrogens with zero attached hydrogens (tertiary/aromatic N) is 1. The van der Waals surface area contributed by atoms with Crippen molar-refractivity contribution in [2.75, 3.05) is 13.1 Å². The maximum atomic E-state index is 13.2. The lowest BCUT2D eigenvalue weighted by Gasteiger charge is -2.47. The van der Waals surface area contributed by atoms with E-state index in [9.17, 15) is 14.7 Å². The third-order valence-corrected chi connectivity index (χ3v) is 7.57. The van der Waals surface area contributed by atoms with Gasteiger partial charge in [0.1, 0.15) is 11.3 Å². The minimum Gasteiger partial charge on any atom is -0.480 e. The van der Waals surface area contributed by atoms with Gasteiger partial charge in [0.15, 0.2) is 6.10 Å². The largest absolute Gasteiger partial charge is 0.480 e. The molecule has 5 rings (SSSR count). The van der Waals surface area contributed by atoms with Gasteiger partial charge in [0.2, 0.25) is 0 Å². The monoisotopic (exact) mass is 425 g/mol. The van der Waals surface area contributed by atoms with Crippen LogP contribution in [0.5, 0.6) is 5.75 Å². The Bertz CT molecular complexity index is 1090. The van der Waals surface area contributed by atoms with Crippen molar-refractivity contribution in [2.24, 2.45) is 5.92 Å². The number of aliphatic hydroxyl groups is 1. The first-order valence-corrected chi connectivity index (χ1v) is 11.6. The molecule has 3 atom stereocenters. The topological polar surface area (TPSA) is 80.0 Å². The highest BCUT2D eigenvalue weighted by molar-refractivity contribution is 5.89. The number of aryl methyl sites for hydroxylation is 2. The number of benzene rings is 1. The Morgan fingerprint density at radius 2 is 2.03 bits per heavy atom. The van der Waals surface area contributed by atoms with Gasteiger partial charge < -0.3 is 19.2 Å². The first-order valence-electron chi connectivity index (χ1n) is 11.6. The molecule has 1 saturated carbocycles.